The second-order valence-corrected chi connectivity index (χ2v) is 5.80. The normalized spacial score (nSPS) is 11.5. The molecule has 0 amide bonds. The van der Waals surface area contributed by atoms with Crippen molar-refractivity contribution in [1.29, 1.82) is 0 Å². The highest BCUT2D eigenvalue weighted by Crippen LogP contribution is 2.09. The Kier molecular flexibility index (Phi) is 7.76. The Hall–Kier alpha value is -0.860. The highest BCUT2D eigenvalue weighted by molar-refractivity contribution is 5.23. The number of nitrogens with zero attached hydrogens (tertiary/aromatic N) is 1. The van der Waals surface area contributed by atoms with E-state index in [2.05, 4.69) is 62.3 Å². The van der Waals surface area contributed by atoms with E-state index in [-0.39, 0.29) is 0 Å². The highest BCUT2D eigenvalue weighted by atomic mass is 15.1. The van der Waals surface area contributed by atoms with Gasteiger partial charge in [0.2, 0.25) is 0 Å². The fraction of sp³-hybridized carbons (Fsp3) is 0.647. The van der Waals surface area contributed by atoms with Gasteiger partial charge in [0.25, 0.3) is 0 Å². The summed E-state index contributed by atoms with van der Waals surface area (Å²) in [7, 11) is 2.22. The Morgan fingerprint density at radius 3 is 2.58 bits per heavy atom. The van der Waals surface area contributed by atoms with Crippen LogP contribution >= 0.6 is 0 Å². The van der Waals surface area contributed by atoms with Crippen LogP contribution in [0.25, 0.3) is 0 Å². The molecule has 0 aliphatic rings. The van der Waals surface area contributed by atoms with E-state index in [1.165, 1.54) is 36.9 Å². The predicted octanol–water partition coefficient (Wildman–Crippen LogP) is 3.81. The first kappa shape index (κ1) is 16.2. The maximum atomic E-state index is 3.47. The molecule has 19 heavy (non-hydrogen) atoms. The van der Waals surface area contributed by atoms with Crippen LogP contribution in [0.15, 0.2) is 24.3 Å². The summed E-state index contributed by atoms with van der Waals surface area (Å²) in [5, 5.41) is 3.47. The molecule has 0 radical (unpaired) electrons. The summed E-state index contributed by atoms with van der Waals surface area (Å²) >= 11 is 0. The third-order valence-electron chi connectivity index (χ3n) is 3.30. The average Bonchev–Trinajstić information content (AvgIpc) is 2.37. The van der Waals surface area contributed by atoms with Crippen molar-refractivity contribution >= 4 is 0 Å². The number of hydrogen-bond acceptors (Lipinski definition) is 2. The van der Waals surface area contributed by atoms with Crippen LogP contribution in [-0.4, -0.2) is 24.5 Å². The van der Waals surface area contributed by atoms with Gasteiger partial charge in [0.05, 0.1) is 0 Å². The molecule has 1 aromatic rings. The minimum Gasteiger partial charge on any atom is -0.310 e. The van der Waals surface area contributed by atoms with Crippen molar-refractivity contribution in [3.63, 3.8) is 0 Å². The monoisotopic (exact) mass is 262 g/mol. The van der Waals surface area contributed by atoms with Crippen LogP contribution in [0.5, 0.6) is 0 Å². The smallest absolute Gasteiger partial charge is 0.0230 e. The van der Waals surface area contributed by atoms with E-state index in [4.69, 9.17) is 0 Å². The second-order valence-electron chi connectivity index (χ2n) is 5.80. The third kappa shape index (κ3) is 7.34. The van der Waals surface area contributed by atoms with Gasteiger partial charge in [-0.3, -0.25) is 0 Å². The Morgan fingerprint density at radius 1 is 1.16 bits per heavy atom. The fourth-order valence-corrected chi connectivity index (χ4v) is 2.18. The lowest BCUT2D eigenvalue weighted by Crippen LogP contribution is -2.22. The molecule has 0 bridgehead atoms. The van der Waals surface area contributed by atoms with Gasteiger partial charge in [-0.1, -0.05) is 57.9 Å². The molecular weight excluding hydrogens is 232 g/mol. The van der Waals surface area contributed by atoms with Gasteiger partial charge in [0, 0.05) is 19.1 Å². The molecule has 1 aromatic carbocycles. The van der Waals surface area contributed by atoms with Gasteiger partial charge in [-0.05, 0) is 31.1 Å². The Labute approximate surface area is 119 Å². The van der Waals surface area contributed by atoms with Crippen molar-refractivity contribution in [3.8, 4) is 0 Å². The molecule has 0 saturated carbocycles. The molecule has 2 heteroatoms. The second kappa shape index (κ2) is 9.11. The molecule has 0 spiro atoms. The summed E-state index contributed by atoms with van der Waals surface area (Å²) in [6.45, 7) is 9.84. The van der Waals surface area contributed by atoms with Gasteiger partial charge in [-0.25, -0.2) is 0 Å². The first-order chi connectivity index (χ1) is 9.11. The fourth-order valence-electron chi connectivity index (χ4n) is 2.18. The molecule has 108 valence electrons. The highest BCUT2D eigenvalue weighted by Gasteiger charge is 2.02. The lowest BCUT2D eigenvalue weighted by atomic mass is 10.1. The largest absolute Gasteiger partial charge is 0.310 e. The van der Waals surface area contributed by atoms with Crippen molar-refractivity contribution in [2.75, 3.05) is 13.6 Å². The zero-order valence-electron chi connectivity index (χ0n) is 13.1. The van der Waals surface area contributed by atoms with Crippen LogP contribution in [0.3, 0.4) is 0 Å². The average molecular weight is 262 g/mol. The van der Waals surface area contributed by atoms with Gasteiger partial charge in [-0.15, -0.1) is 0 Å². The lowest BCUT2D eigenvalue weighted by molar-refractivity contribution is 0.318. The molecule has 1 rings (SSSR count). The van der Waals surface area contributed by atoms with Gasteiger partial charge in [0.15, 0.2) is 0 Å². The van der Waals surface area contributed by atoms with Crippen LogP contribution in [0, 0.1) is 0 Å². The van der Waals surface area contributed by atoms with Crippen LogP contribution in [0.4, 0.5) is 0 Å². The Morgan fingerprint density at radius 2 is 1.89 bits per heavy atom. The minimum absolute atomic E-state index is 0.542. The SMILES string of the molecule is CCCCCN(C)Cc1cccc(CNC(C)C)c1. The van der Waals surface area contributed by atoms with E-state index in [0.29, 0.717) is 6.04 Å². The summed E-state index contributed by atoms with van der Waals surface area (Å²) in [5.41, 5.74) is 2.80. The van der Waals surface area contributed by atoms with E-state index >= 15 is 0 Å². The van der Waals surface area contributed by atoms with E-state index in [1.54, 1.807) is 0 Å². The number of benzene rings is 1. The van der Waals surface area contributed by atoms with Gasteiger partial charge >= 0.3 is 0 Å². The minimum atomic E-state index is 0.542. The van der Waals surface area contributed by atoms with Gasteiger partial charge in [-0.2, -0.15) is 0 Å². The number of nitrogens with one attached hydrogen (secondary N) is 1. The molecule has 0 atom stereocenters. The molecule has 0 fully saturated rings. The third-order valence-corrected chi connectivity index (χ3v) is 3.30. The molecule has 0 aliphatic carbocycles. The van der Waals surface area contributed by atoms with Crippen molar-refractivity contribution < 1.29 is 0 Å². The maximum Gasteiger partial charge on any atom is 0.0230 e. The Balaban J connectivity index is 2.42. The quantitative estimate of drug-likeness (QED) is 0.681. The summed E-state index contributed by atoms with van der Waals surface area (Å²) in [5.74, 6) is 0. The zero-order valence-corrected chi connectivity index (χ0v) is 13.1. The zero-order chi connectivity index (χ0) is 14.1. The first-order valence-electron chi connectivity index (χ1n) is 7.61. The lowest BCUT2D eigenvalue weighted by Gasteiger charge is -2.17. The Bertz CT molecular complexity index is 347. The van der Waals surface area contributed by atoms with Crippen LogP contribution in [-0.2, 0) is 13.1 Å². The first-order valence-corrected chi connectivity index (χ1v) is 7.61. The van der Waals surface area contributed by atoms with Crippen molar-refractivity contribution in [1.82, 2.24) is 10.2 Å². The van der Waals surface area contributed by atoms with Crippen molar-refractivity contribution in [2.24, 2.45) is 0 Å². The summed E-state index contributed by atoms with van der Waals surface area (Å²) < 4.78 is 0. The molecule has 0 unspecified atom stereocenters. The van der Waals surface area contributed by atoms with Crippen molar-refractivity contribution in [2.45, 2.75) is 59.2 Å². The van der Waals surface area contributed by atoms with Crippen LogP contribution in [0.2, 0.25) is 0 Å². The molecule has 0 aliphatic heterocycles. The standard InChI is InChI=1S/C17H30N2/c1-5-6-7-11-19(4)14-17-10-8-9-16(12-17)13-18-15(2)3/h8-10,12,15,18H,5-7,11,13-14H2,1-4H3. The maximum absolute atomic E-state index is 3.47. The van der Waals surface area contributed by atoms with Crippen molar-refractivity contribution in [3.05, 3.63) is 35.4 Å². The van der Waals surface area contributed by atoms with Crippen LogP contribution < -0.4 is 5.32 Å². The molecule has 1 N–H and O–H groups in total. The van der Waals surface area contributed by atoms with E-state index < -0.39 is 0 Å². The summed E-state index contributed by atoms with van der Waals surface area (Å²) in [6, 6.07) is 9.48. The molecule has 0 saturated heterocycles. The summed E-state index contributed by atoms with van der Waals surface area (Å²) in [6.07, 6.45) is 3.94. The number of rotatable bonds is 9. The van der Waals surface area contributed by atoms with E-state index in [0.717, 1.165) is 13.1 Å². The summed E-state index contributed by atoms with van der Waals surface area (Å²) in [4.78, 5) is 2.42. The topological polar surface area (TPSA) is 15.3 Å². The van der Waals surface area contributed by atoms with E-state index in [1.807, 2.05) is 0 Å². The molecule has 0 aromatic heterocycles. The molecular formula is C17H30N2. The van der Waals surface area contributed by atoms with Gasteiger partial charge < -0.3 is 10.2 Å². The number of unbranched alkanes of at least 4 members (excludes halogenated alkanes) is 2. The van der Waals surface area contributed by atoms with E-state index in [9.17, 15) is 0 Å². The number of hydrogen-bond donors (Lipinski definition) is 1. The van der Waals surface area contributed by atoms with Gasteiger partial charge in [0.1, 0.15) is 0 Å². The molecule has 2 nitrogen and oxygen atoms in total. The molecule has 0 heterocycles. The van der Waals surface area contributed by atoms with Crippen LogP contribution in [0.1, 0.15) is 51.2 Å². The predicted molar refractivity (Wildman–Crippen MR) is 84.3 cm³/mol.